The molecule has 0 bridgehead atoms. The van der Waals surface area contributed by atoms with Crippen molar-refractivity contribution in [2.45, 2.75) is 31.4 Å². The Morgan fingerprint density at radius 2 is 1.76 bits per heavy atom. The number of rotatable bonds is 4. The van der Waals surface area contributed by atoms with Crippen molar-refractivity contribution in [3.05, 3.63) is 49.8 Å². The first-order valence-corrected chi connectivity index (χ1v) is 11.9. The molecule has 13 heteroatoms. The van der Waals surface area contributed by atoms with Crippen molar-refractivity contribution in [1.29, 1.82) is 0 Å². The van der Waals surface area contributed by atoms with Gasteiger partial charge in [0.1, 0.15) is 11.1 Å². The van der Waals surface area contributed by atoms with Crippen molar-refractivity contribution in [2.75, 3.05) is 36.4 Å². The molecule has 4 rings (SSSR count). The minimum absolute atomic E-state index is 0.0642. The molecule has 182 valence electrons. The standard InChI is InChI=1S/C21H23Cl3N6O4/c22-12-7-13(23)9-15(8-12)26-20(32)29-4-1-14(2-5-29)27-21(33)34-16-3-6-30(11-16)17-10-25-28-19(31)18(17)24/h7-10,14,16H,1-6,11H2,(H,26,32)(H,27,33)(H,28,31)/t16-/m1/s1. The first-order chi connectivity index (χ1) is 16.3. The number of urea groups is 1. The van der Waals surface area contributed by atoms with E-state index in [0.717, 1.165) is 0 Å². The van der Waals surface area contributed by atoms with Crippen LogP contribution in [0.2, 0.25) is 15.1 Å². The molecule has 2 aromatic rings. The van der Waals surface area contributed by atoms with Gasteiger partial charge >= 0.3 is 12.1 Å². The van der Waals surface area contributed by atoms with Crippen LogP contribution in [-0.2, 0) is 4.74 Å². The second-order valence-electron chi connectivity index (χ2n) is 8.15. The third-order valence-corrected chi connectivity index (χ3v) is 6.56. The van der Waals surface area contributed by atoms with E-state index in [1.54, 1.807) is 23.1 Å². The minimum atomic E-state index is -0.501. The molecule has 10 nitrogen and oxygen atoms in total. The Bertz CT molecular complexity index is 1100. The molecule has 0 saturated carbocycles. The van der Waals surface area contributed by atoms with Crippen molar-refractivity contribution >= 4 is 58.3 Å². The van der Waals surface area contributed by atoms with Gasteiger partial charge in [0.25, 0.3) is 5.56 Å². The monoisotopic (exact) mass is 528 g/mol. The van der Waals surface area contributed by atoms with Crippen molar-refractivity contribution in [1.82, 2.24) is 20.4 Å². The third kappa shape index (κ3) is 6.05. The van der Waals surface area contributed by atoms with Gasteiger partial charge in [-0.3, -0.25) is 4.79 Å². The zero-order valence-electron chi connectivity index (χ0n) is 18.0. The summed E-state index contributed by atoms with van der Waals surface area (Å²) in [6, 6.07) is 4.49. The molecule has 0 radical (unpaired) electrons. The van der Waals surface area contributed by atoms with Gasteiger partial charge in [0.15, 0.2) is 0 Å². The van der Waals surface area contributed by atoms with Gasteiger partial charge in [-0.25, -0.2) is 14.7 Å². The van der Waals surface area contributed by atoms with Gasteiger partial charge < -0.3 is 25.2 Å². The summed E-state index contributed by atoms with van der Waals surface area (Å²) >= 11 is 18.0. The van der Waals surface area contributed by atoms with Crippen LogP contribution in [-0.4, -0.2) is 65.5 Å². The third-order valence-electron chi connectivity index (χ3n) is 5.75. The summed E-state index contributed by atoms with van der Waals surface area (Å²) in [6.07, 6.45) is 2.47. The lowest BCUT2D eigenvalue weighted by atomic mass is 10.1. The highest BCUT2D eigenvalue weighted by atomic mass is 35.5. The molecule has 34 heavy (non-hydrogen) atoms. The van der Waals surface area contributed by atoms with Crippen LogP contribution in [0.5, 0.6) is 0 Å². The van der Waals surface area contributed by atoms with Gasteiger partial charge in [0, 0.05) is 47.8 Å². The Morgan fingerprint density at radius 3 is 2.47 bits per heavy atom. The van der Waals surface area contributed by atoms with Crippen molar-refractivity contribution in [3.8, 4) is 0 Å². The molecule has 1 atom stereocenters. The Morgan fingerprint density at radius 1 is 1.06 bits per heavy atom. The number of aromatic nitrogens is 2. The van der Waals surface area contributed by atoms with Gasteiger partial charge in [-0.1, -0.05) is 34.8 Å². The lowest BCUT2D eigenvalue weighted by molar-refractivity contribution is 0.101. The molecule has 0 aliphatic carbocycles. The number of nitrogens with one attached hydrogen (secondary N) is 3. The predicted octanol–water partition coefficient (Wildman–Crippen LogP) is 3.73. The van der Waals surface area contributed by atoms with Crippen molar-refractivity contribution in [3.63, 3.8) is 0 Å². The van der Waals surface area contributed by atoms with Crippen LogP contribution >= 0.6 is 34.8 Å². The maximum absolute atomic E-state index is 12.5. The zero-order valence-corrected chi connectivity index (χ0v) is 20.3. The second kappa shape index (κ2) is 10.7. The summed E-state index contributed by atoms with van der Waals surface area (Å²) in [5.41, 5.74) is 0.578. The lowest BCUT2D eigenvalue weighted by Crippen LogP contribution is -2.48. The molecular weight excluding hydrogens is 507 g/mol. The van der Waals surface area contributed by atoms with Crippen molar-refractivity contribution in [2.24, 2.45) is 0 Å². The number of amides is 3. The zero-order chi connectivity index (χ0) is 24.2. The maximum Gasteiger partial charge on any atom is 0.407 e. The molecule has 2 aliphatic rings. The number of aromatic amines is 1. The van der Waals surface area contributed by atoms with E-state index in [2.05, 4.69) is 20.8 Å². The number of likely N-dealkylation sites (tertiary alicyclic amines) is 1. The van der Waals surface area contributed by atoms with Gasteiger partial charge in [-0.2, -0.15) is 5.10 Å². The van der Waals surface area contributed by atoms with E-state index in [-0.39, 0.29) is 23.2 Å². The highest BCUT2D eigenvalue weighted by molar-refractivity contribution is 6.35. The average Bonchev–Trinajstić information content (AvgIpc) is 3.23. The summed E-state index contributed by atoms with van der Waals surface area (Å²) in [7, 11) is 0. The molecule has 0 spiro atoms. The van der Waals surface area contributed by atoms with Crippen LogP contribution in [0.25, 0.3) is 0 Å². The number of carbonyl (C=O) groups is 2. The molecule has 1 aromatic carbocycles. The van der Waals surface area contributed by atoms with Crippen LogP contribution in [0, 0.1) is 0 Å². The molecule has 3 amide bonds. The Labute approximate surface area is 210 Å². The number of benzene rings is 1. The number of H-pyrrole nitrogens is 1. The Hall–Kier alpha value is -2.69. The number of hydrogen-bond acceptors (Lipinski definition) is 6. The molecule has 0 unspecified atom stereocenters. The molecule has 3 heterocycles. The number of ether oxygens (including phenoxy) is 1. The summed E-state index contributed by atoms with van der Waals surface area (Å²) in [5, 5.41) is 12.7. The molecule has 2 fully saturated rings. The van der Waals surface area contributed by atoms with E-state index >= 15 is 0 Å². The van der Waals surface area contributed by atoms with Crippen LogP contribution in [0.3, 0.4) is 0 Å². The first kappa shape index (κ1) is 24.4. The first-order valence-electron chi connectivity index (χ1n) is 10.8. The fraction of sp³-hybridized carbons (Fsp3) is 0.429. The number of nitrogens with zero attached hydrogens (tertiary/aromatic N) is 3. The van der Waals surface area contributed by atoms with Gasteiger partial charge in [0.2, 0.25) is 0 Å². The van der Waals surface area contributed by atoms with Gasteiger partial charge in [0.05, 0.1) is 18.4 Å². The molecular formula is C21H23Cl3N6O4. The molecule has 3 N–H and O–H groups in total. The molecule has 2 aliphatic heterocycles. The van der Waals surface area contributed by atoms with E-state index in [4.69, 9.17) is 39.5 Å². The number of hydrogen-bond donors (Lipinski definition) is 3. The van der Waals surface area contributed by atoms with Gasteiger partial charge in [-0.15, -0.1) is 0 Å². The van der Waals surface area contributed by atoms with Crippen molar-refractivity contribution < 1.29 is 14.3 Å². The largest absolute Gasteiger partial charge is 0.444 e. The Balaban J connectivity index is 1.21. The highest BCUT2D eigenvalue weighted by Gasteiger charge is 2.29. The van der Waals surface area contributed by atoms with Gasteiger partial charge in [-0.05, 0) is 31.0 Å². The van der Waals surface area contributed by atoms with Crippen LogP contribution in [0.15, 0.2) is 29.2 Å². The molecule has 2 saturated heterocycles. The fourth-order valence-electron chi connectivity index (χ4n) is 4.05. The van der Waals surface area contributed by atoms with E-state index in [9.17, 15) is 14.4 Å². The number of piperidine rings is 1. The van der Waals surface area contributed by atoms with E-state index in [1.165, 1.54) is 6.20 Å². The van der Waals surface area contributed by atoms with Crippen LogP contribution in [0.1, 0.15) is 19.3 Å². The average molecular weight is 530 g/mol. The smallest absolute Gasteiger partial charge is 0.407 e. The van der Waals surface area contributed by atoms with E-state index in [1.807, 2.05) is 4.90 Å². The number of anilines is 2. The number of halogens is 3. The number of alkyl carbamates (subject to hydrolysis) is 1. The topological polar surface area (TPSA) is 120 Å². The normalized spacial score (nSPS) is 18.6. The second-order valence-corrected chi connectivity index (χ2v) is 9.41. The van der Waals surface area contributed by atoms with Crippen LogP contribution in [0.4, 0.5) is 21.0 Å². The summed E-state index contributed by atoms with van der Waals surface area (Å²) < 4.78 is 5.55. The highest BCUT2D eigenvalue weighted by Crippen LogP contribution is 2.26. The molecule has 1 aromatic heterocycles. The fourth-order valence-corrected chi connectivity index (χ4v) is 4.78. The SMILES string of the molecule is O=C(NC1CCN(C(=O)Nc2cc(Cl)cc(Cl)c2)CC1)O[C@@H]1CCN(c2cn[nH]c(=O)c2Cl)C1. The van der Waals surface area contributed by atoms with E-state index in [0.29, 0.717) is 66.9 Å². The number of carbonyl (C=O) groups excluding carboxylic acids is 2. The van der Waals surface area contributed by atoms with E-state index < -0.39 is 11.7 Å². The quantitative estimate of drug-likeness (QED) is 0.555. The maximum atomic E-state index is 12.5. The predicted molar refractivity (Wildman–Crippen MR) is 130 cm³/mol. The summed E-state index contributed by atoms with van der Waals surface area (Å²) in [5.74, 6) is 0. The summed E-state index contributed by atoms with van der Waals surface area (Å²) in [6.45, 7) is 1.98. The minimum Gasteiger partial charge on any atom is -0.444 e. The lowest BCUT2D eigenvalue weighted by Gasteiger charge is -2.32. The Kier molecular flexibility index (Phi) is 7.70. The van der Waals surface area contributed by atoms with Crippen LogP contribution < -0.4 is 21.1 Å². The summed E-state index contributed by atoms with van der Waals surface area (Å²) in [4.78, 5) is 40.1.